The third-order valence-electron chi connectivity index (χ3n) is 2.63. The van der Waals surface area contributed by atoms with Gasteiger partial charge >= 0.3 is 5.97 Å². The molecule has 4 N–H and O–H groups in total. The quantitative estimate of drug-likeness (QED) is 0.621. The van der Waals surface area contributed by atoms with Crippen LogP contribution in [-0.4, -0.2) is 28.6 Å². The molecule has 1 atom stereocenters. The molecular formula is C10H18N2O3. The van der Waals surface area contributed by atoms with Crippen molar-refractivity contribution in [3.63, 3.8) is 0 Å². The summed E-state index contributed by atoms with van der Waals surface area (Å²) in [5.41, 5.74) is 4.34. The van der Waals surface area contributed by atoms with Crippen LogP contribution in [0.2, 0.25) is 0 Å². The predicted molar refractivity (Wildman–Crippen MR) is 55.2 cm³/mol. The number of carboxylic acids is 1. The SMILES string of the molecule is CC(C)(C)C(NC(=O)C1(N)CC1)C(=O)O. The Balaban J connectivity index is 2.68. The molecule has 15 heavy (non-hydrogen) atoms. The van der Waals surface area contributed by atoms with Crippen LogP contribution in [0.4, 0.5) is 0 Å². The first kappa shape index (κ1) is 12.0. The summed E-state index contributed by atoms with van der Waals surface area (Å²) in [6.07, 6.45) is 1.27. The first-order valence-electron chi connectivity index (χ1n) is 4.99. The van der Waals surface area contributed by atoms with E-state index >= 15 is 0 Å². The van der Waals surface area contributed by atoms with E-state index in [4.69, 9.17) is 10.8 Å². The Bertz CT molecular complexity index is 290. The number of carboxylic acid groups (broad SMARTS) is 1. The zero-order valence-corrected chi connectivity index (χ0v) is 9.33. The molecule has 0 aromatic carbocycles. The molecule has 0 aromatic rings. The van der Waals surface area contributed by atoms with Gasteiger partial charge in [0.05, 0.1) is 5.54 Å². The number of hydrogen-bond donors (Lipinski definition) is 3. The average molecular weight is 214 g/mol. The molecule has 1 aliphatic carbocycles. The summed E-state index contributed by atoms with van der Waals surface area (Å²) >= 11 is 0. The van der Waals surface area contributed by atoms with E-state index in [-0.39, 0.29) is 5.91 Å². The Kier molecular flexibility index (Phi) is 2.78. The van der Waals surface area contributed by atoms with Gasteiger partial charge in [-0.15, -0.1) is 0 Å². The van der Waals surface area contributed by atoms with E-state index in [1.165, 1.54) is 0 Å². The Morgan fingerprint density at radius 1 is 1.40 bits per heavy atom. The molecule has 0 spiro atoms. The summed E-state index contributed by atoms with van der Waals surface area (Å²) in [5.74, 6) is -1.38. The fourth-order valence-electron chi connectivity index (χ4n) is 1.29. The summed E-state index contributed by atoms with van der Waals surface area (Å²) < 4.78 is 0. The van der Waals surface area contributed by atoms with E-state index in [0.717, 1.165) is 0 Å². The van der Waals surface area contributed by atoms with Crippen molar-refractivity contribution in [3.8, 4) is 0 Å². The van der Waals surface area contributed by atoms with Crippen LogP contribution < -0.4 is 11.1 Å². The lowest BCUT2D eigenvalue weighted by atomic mass is 9.86. The van der Waals surface area contributed by atoms with E-state index in [9.17, 15) is 9.59 Å². The second-order valence-electron chi connectivity index (χ2n) is 5.27. The predicted octanol–water partition coefficient (Wildman–Crippen LogP) is 0.0932. The summed E-state index contributed by atoms with van der Waals surface area (Å²) in [4.78, 5) is 22.6. The van der Waals surface area contributed by atoms with Gasteiger partial charge in [0.15, 0.2) is 0 Å². The summed E-state index contributed by atoms with van der Waals surface area (Å²) in [6.45, 7) is 5.30. The molecule has 1 fully saturated rings. The third kappa shape index (κ3) is 2.68. The number of nitrogens with one attached hydrogen (secondary N) is 1. The minimum atomic E-state index is -1.03. The van der Waals surface area contributed by atoms with Crippen LogP contribution in [0.25, 0.3) is 0 Å². The van der Waals surface area contributed by atoms with Crippen molar-refractivity contribution in [2.45, 2.75) is 45.2 Å². The Hall–Kier alpha value is -1.10. The average Bonchev–Trinajstić information content (AvgIpc) is 2.77. The van der Waals surface area contributed by atoms with Crippen molar-refractivity contribution in [2.75, 3.05) is 0 Å². The second kappa shape index (κ2) is 3.48. The van der Waals surface area contributed by atoms with Crippen molar-refractivity contribution in [1.29, 1.82) is 0 Å². The standard InChI is InChI=1S/C10H18N2O3/c1-9(2,3)6(7(13)14)12-8(15)10(11)4-5-10/h6H,4-5,11H2,1-3H3,(H,12,15)(H,13,14). The number of nitrogens with two attached hydrogens (primary N) is 1. The molecule has 1 rings (SSSR count). The summed E-state index contributed by atoms with van der Waals surface area (Å²) in [6, 6.07) is -0.897. The van der Waals surface area contributed by atoms with E-state index in [0.29, 0.717) is 12.8 Å². The Morgan fingerprint density at radius 3 is 2.13 bits per heavy atom. The van der Waals surface area contributed by atoms with Crippen LogP contribution >= 0.6 is 0 Å². The summed E-state index contributed by atoms with van der Waals surface area (Å²) in [5, 5.41) is 11.5. The molecule has 5 nitrogen and oxygen atoms in total. The molecule has 1 saturated carbocycles. The first-order valence-corrected chi connectivity index (χ1v) is 4.99. The van der Waals surface area contributed by atoms with Gasteiger partial charge < -0.3 is 16.2 Å². The molecule has 1 unspecified atom stereocenters. The van der Waals surface area contributed by atoms with Gasteiger partial charge in [-0.3, -0.25) is 4.79 Å². The molecule has 0 aliphatic heterocycles. The molecule has 86 valence electrons. The van der Waals surface area contributed by atoms with Crippen LogP contribution in [0, 0.1) is 5.41 Å². The molecule has 0 aromatic heterocycles. The minimum absolute atomic E-state index is 0.357. The number of hydrogen-bond acceptors (Lipinski definition) is 3. The maximum atomic E-state index is 11.6. The lowest BCUT2D eigenvalue weighted by molar-refractivity contribution is -0.145. The van der Waals surface area contributed by atoms with Crippen molar-refractivity contribution >= 4 is 11.9 Å². The van der Waals surface area contributed by atoms with Crippen LogP contribution in [-0.2, 0) is 9.59 Å². The molecule has 0 radical (unpaired) electrons. The van der Waals surface area contributed by atoms with E-state index in [1.807, 2.05) is 0 Å². The van der Waals surface area contributed by atoms with Crippen LogP contribution in [0.3, 0.4) is 0 Å². The molecule has 1 amide bonds. The van der Waals surface area contributed by atoms with Crippen LogP contribution in [0.5, 0.6) is 0 Å². The van der Waals surface area contributed by atoms with Crippen molar-refractivity contribution < 1.29 is 14.7 Å². The van der Waals surface area contributed by atoms with E-state index < -0.39 is 23.0 Å². The van der Waals surface area contributed by atoms with Gasteiger partial charge in [0.25, 0.3) is 0 Å². The van der Waals surface area contributed by atoms with Crippen molar-refractivity contribution in [2.24, 2.45) is 11.1 Å². The highest BCUT2D eigenvalue weighted by Crippen LogP contribution is 2.33. The smallest absolute Gasteiger partial charge is 0.326 e. The lowest BCUT2D eigenvalue weighted by Crippen LogP contribution is -2.54. The Labute approximate surface area is 89.0 Å². The fraction of sp³-hybridized carbons (Fsp3) is 0.800. The van der Waals surface area contributed by atoms with Gasteiger partial charge in [-0.1, -0.05) is 20.8 Å². The lowest BCUT2D eigenvalue weighted by Gasteiger charge is -2.28. The van der Waals surface area contributed by atoms with Crippen molar-refractivity contribution in [3.05, 3.63) is 0 Å². The number of amides is 1. The zero-order chi connectivity index (χ0) is 11.9. The van der Waals surface area contributed by atoms with Gasteiger partial charge in [-0.2, -0.15) is 0 Å². The maximum Gasteiger partial charge on any atom is 0.326 e. The number of carbonyl (C=O) groups is 2. The topological polar surface area (TPSA) is 92.4 Å². The largest absolute Gasteiger partial charge is 0.480 e. The third-order valence-corrected chi connectivity index (χ3v) is 2.63. The molecule has 1 aliphatic rings. The molecule has 0 saturated heterocycles. The van der Waals surface area contributed by atoms with E-state index in [1.54, 1.807) is 20.8 Å². The normalized spacial score (nSPS) is 20.5. The second-order valence-corrected chi connectivity index (χ2v) is 5.27. The van der Waals surface area contributed by atoms with E-state index in [2.05, 4.69) is 5.32 Å². The van der Waals surface area contributed by atoms with Gasteiger partial charge in [-0.25, -0.2) is 4.79 Å². The highest BCUT2D eigenvalue weighted by molar-refractivity contribution is 5.92. The summed E-state index contributed by atoms with van der Waals surface area (Å²) in [7, 11) is 0. The van der Waals surface area contributed by atoms with Crippen molar-refractivity contribution in [1.82, 2.24) is 5.32 Å². The van der Waals surface area contributed by atoms with Gasteiger partial charge in [0.1, 0.15) is 6.04 Å². The monoisotopic (exact) mass is 214 g/mol. The first-order chi connectivity index (χ1) is 6.67. The number of aliphatic carboxylic acids is 1. The highest BCUT2D eigenvalue weighted by atomic mass is 16.4. The van der Waals surface area contributed by atoms with Crippen LogP contribution in [0.1, 0.15) is 33.6 Å². The minimum Gasteiger partial charge on any atom is -0.480 e. The van der Waals surface area contributed by atoms with Crippen LogP contribution in [0.15, 0.2) is 0 Å². The number of carbonyl (C=O) groups excluding carboxylic acids is 1. The van der Waals surface area contributed by atoms with Gasteiger partial charge in [-0.05, 0) is 18.3 Å². The molecule has 5 heteroatoms. The molecule has 0 heterocycles. The highest BCUT2D eigenvalue weighted by Gasteiger charge is 2.48. The fourth-order valence-corrected chi connectivity index (χ4v) is 1.29. The molecular weight excluding hydrogens is 196 g/mol. The Morgan fingerprint density at radius 2 is 1.87 bits per heavy atom. The molecule has 0 bridgehead atoms. The van der Waals surface area contributed by atoms with Gasteiger partial charge in [0, 0.05) is 0 Å². The number of rotatable bonds is 3. The maximum absolute atomic E-state index is 11.6. The van der Waals surface area contributed by atoms with Gasteiger partial charge in [0.2, 0.25) is 5.91 Å². The zero-order valence-electron chi connectivity index (χ0n) is 9.33.